The molecule has 0 saturated carbocycles. The number of benzene rings is 1. The van der Waals surface area contributed by atoms with Gasteiger partial charge in [0.2, 0.25) is 15.0 Å². The van der Waals surface area contributed by atoms with Crippen molar-refractivity contribution < 1.29 is 17.9 Å². The minimum absolute atomic E-state index is 0.111. The van der Waals surface area contributed by atoms with E-state index in [0.29, 0.717) is 22.4 Å². The average Bonchev–Trinajstić information content (AvgIpc) is 2.60. The first-order valence-corrected chi connectivity index (χ1v) is 9.53. The van der Waals surface area contributed by atoms with Gasteiger partial charge in [-0.25, -0.2) is 18.4 Å². The number of ether oxygens (including phenoxy) is 2. The Bertz CT molecular complexity index is 1170. The second-order valence-electron chi connectivity index (χ2n) is 5.43. The standard InChI is InChI=1S/C16H14ClN3O5S/c1-24-9-5-10(13(17)12(6-9)25-2)11-4-8-7-18-16(26(3,22)23)20-14(8)19-15(11)21/h4-7H,1-3H3,(H,18,19,20,21). The van der Waals surface area contributed by atoms with Crippen LogP contribution in [-0.2, 0) is 9.84 Å². The summed E-state index contributed by atoms with van der Waals surface area (Å²) in [6, 6.07) is 4.73. The second kappa shape index (κ2) is 6.58. The molecule has 26 heavy (non-hydrogen) atoms. The third-order valence-electron chi connectivity index (χ3n) is 3.66. The van der Waals surface area contributed by atoms with Gasteiger partial charge in [0.05, 0.1) is 19.2 Å². The van der Waals surface area contributed by atoms with E-state index < -0.39 is 15.4 Å². The summed E-state index contributed by atoms with van der Waals surface area (Å²) in [5.41, 5.74) is 0.265. The molecule has 0 aliphatic heterocycles. The maximum absolute atomic E-state index is 12.5. The number of hydrogen-bond donors (Lipinski definition) is 1. The minimum atomic E-state index is -3.59. The van der Waals surface area contributed by atoms with Gasteiger partial charge in [0.25, 0.3) is 5.56 Å². The number of methoxy groups -OCH3 is 2. The molecule has 0 amide bonds. The molecule has 8 nitrogen and oxygen atoms in total. The van der Waals surface area contributed by atoms with Gasteiger partial charge >= 0.3 is 0 Å². The maximum Gasteiger partial charge on any atom is 0.257 e. The summed E-state index contributed by atoms with van der Waals surface area (Å²) in [7, 11) is -0.655. The Morgan fingerprint density at radius 3 is 2.46 bits per heavy atom. The number of nitrogens with one attached hydrogen (secondary N) is 1. The predicted octanol–water partition coefficient (Wildman–Crippen LogP) is 2.06. The molecule has 0 aliphatic carbocycles. The summed E-state index contributed by atoms with van der Waals surface area (Å²) in [6.45, 7) is 0. The van der Waals surface area contributed by atoms with Gasteiger partial charge in [-0.15, -0.1) is 0 Å². The van der Waals surface area contributed by atoms with Crippen molar-refractivity contribution >= 4 is 32.5 Å². The van der Waals surface area contributed by atoms with E-state index in [-0.39, 0.29) is 21.4 Å². The Morgan fingerprint density at radius 1 is 1.12 bits per heavy atom. The second-order valence-corrected chi connectivity index (χ2v) is 7.72. The number of aromatic nitrogens is 3. The van der Waals surface area contributed by atoms with Gasteiger partial charge in [0.15, 0.2) is 0 Å². The van der Waals surface area contributed by atoms with Crippen LogP contribution in [0.2, 0.25) is 5.02 Å². The highest BCUT2D eigenvalue weighted by Gasteiger charge is 2.17. The molecule has 3 rings (SSSR count). The van der Waals surface area contributed by atoms with Crippen molar-refractivity contribution in [3.05, 3.63) is 39.8 Å². The molecule has 0 saturated heterocycles. The minimum Gasteiger partial charge on any atom is -0.497 e. The van der Waals surface area contributed by atoms with E-state index in [1.54, 1.807) is 12.1 Å². The van der Waals surface area contributed by atoms with E-state index in [1.165, 1.54) is 26.5 Å². The maximum atomic E-state index is 12.5. The van der Waals surface area contributed by atoms with E-state index in [2.05, 4.69) is 15.0 Å². The zero-order valence-corrected chi connectivity index (χ0v) is 15.6. The number of fused-ring (bicyclic) bond motifs is 1. The first-order chi connectivity index (χ1) is 12.2. The molecule has 0 fully saturated rings. The number of H-pyrrole nitrogens is 1. The molecule has 0 spiro atoms. The fourth-order valence-electron chi connectivity index (χ4n) is 2.39. The van der Waals surface area contributed by atoms with Crippen LogP contribution in [0.1, 0.15) is 0 Å². The molecule has 2 aromatic heterocycles. The van der Waals surface area contributed by atoms with Crippen LogP contribution in [0.25, 0.3) is 22.2 Å². The normalized spacial score (nSPS) is 11.5. The summed E-state index contributed by atoms with van der Waals surface area (Å²) >= 11 is 6.34. The highest BCUT2D eigenvalue weighted by atomic mass is 35.5. The van der Waals surface area contributed by atoms with Gasteiger partial charge in [-0.3, -0.25) is 4.79 Å². The molecule has 0 bridgehead atoms. The van der Waals surface area contributed by atoms with Crippen LogP contribution in [0.3, 0.4) is 0 Å². The average molecular weight is 396 g/mol. The van der Waals surface area contributed by atoms with Crippen molar-refractivity contribution in [2.45, 2.75) is 5.16 Å². The third-order valence-corrected chi connectivity index (χ3v) is 4.91. The lowest BCUT2D eigenvalue weighted by Gasteiger charge is -2.12. The van der Waals surface area contributed by atoms with E-state index >= 15 is 0 Å². The Balaban J connectivity index is 2.27. The topological polar surface area (TPSA) is 111 Å². The Kier molecular flexibility index (Phi) is 4.59. The fourth-order valence-corrected chi connectivity index (χ4v) is 3.18. The van der Waals surface area contributed by atoms with Crippen molar-refractivity contribution in [1.29, 1.82) is 0 Å². The molecule has 0 aliphatic rings. The van der Waals surface area contributed by atoms with Crippen LogP contribution in [-0.4, -0.2) is 43.8 Å². The van der Waals surface area contributed by atoms with Gasteiger partial charge in [-0.05, 0) is 12.1 Å². The number of aromatic amines is 1. The highest BCUT2D eigenvalue weighted by molar-refractivity contribution is 7.90. The summed E-state index contributed by atoms with van der Waals surface area (Å²) in [5.74, 6) is 0.814. The van der Waals surface area contributed by atoms with Crippen molar-refractivity contribution in [2.75, 3.05) is 20.5 Å². The lowest BCUT2D eigenvalue weighted by Crippen LogP contribution is -2.12. The quantitative estimate of drug-likeness (QED) is 0.673. The van der Waals surface area contributed by atoms with Gasteiger partial charge in [0.1, 0.15) is 17.1 Å². The Hall–Kier alpha value is -2.65. The van der Waals surface area contributed by atoms with Gasteiger partial charge in [-0.2, -0.15) is 0 Å². The lowest BCUT2D eigenvalue weighted by atomic mass is 10.1. The van der Waals surface area contributed by atoms with Crippen LogP contribution >= 0.6 is 11.6 Å². The van der Waals surface area contributed by atoms with Crippen molar-refractivity contribution in [1.82, 2.24) is 15.0 Å². The van der Waals surface area contributed by atoms with Crippen LogP contribution < -0.4 is 15.0 Å². The molecule has 10 heteroatoms. The number of hydrogen-bond acceptors (Lipinski definition) is 7. The zero-order chi connectivity index (χ0) is 19.1. The monoisotopic (exact) mass is 395 g/mol. The van der Waals surface area contributed by atoms with Crippen molar-refractivity contribution in [2.24, 2.45) is 0 Å². The molecule has 0 radical (unpaired) electrons. The number of nitrogens with zero attached hydrogens (tertiary/aromatic N) is 2. The van der Waals surface area contributed by atoms with Crippen molar-refractivity contribution in [3.8, 4) is 22.6 Å². The van der Waals surface area contributed by atoms with Crippen LogP contribution in [0, 0.1) is 0 Å². The summed E-state index contributed by atoms with van der Waals surface area (Å²) < 4.78 is 33.6. The van der Waals surface area contributed by atoms with E-state index in [4.69, 9.17) is 21.1 Å². The highest BCUT2D eigenvalue weighted by Crippen LogP contribution is 2.38. The molecule has 0 atom stereocenters. The fraction of sp³-hybridized carbons (Fsp3) is 0.188. The first kappa shape index (κ1) is 18.2. The number of sulfone groups is 1. The Labute approximate surface area is 153 Å². The van der Waals surface area contributed by atoms with Gasteiger partial charge < -0.3 is 14.5 Å². The largest absolute Gasteiger partial charge is 0.497 e. The van der Waals surface area contributed by atoms with Crippen LogP contribution in [0.5, 0.6) is 11.5 Å². The SMILES string of the molecule is COc1cc(OC)c(Cl)c(-c2cc3cnc(S(C)(=O)=O)nc3[nH]c2=O)c1. The summed E-state index contributed by atoms with van der Waals surface area (Å²) in [4.78, 5) is 22.8. The summed E-state index contributed by atoms with van der Waals surface area (Å²) in [6.07, 6.45) is 2.31. The van der Waals surface area contributed by atoms with Gasteiger partial charge in [-0.1, -0.05) is 11.6 Å². The molecule has 0 unspecified atom stereocenters. The number of halogens is 1. The zero-order valence-electron chi connectivity index (χ0n) is 14.0. The number of pyridine rings is 1. The molecular formula is C16H14ClN3O5S. The first-order valence-electron chi connectivity index (χ1n) is 7.26. The molecule has 1 N–H and O–H groups in total. The molecule has 2 heterocycles. The van der Waals surface area contributed by atoms with E-state index in [0.717, 1.165) is 6.26 Å². The van der Waals surface area contributed by atoms with Gasteiger partial charge in [0, 0.05) is 35.0 Å². The van der Waals surface area contributed by atoms with E-state index in [1.807, 2.05) is 0 Å². The lowest BCUT2D eigenvalue weighted by molar-refractivity contribution is 0.395. The molecule has 1 aromatic carbocycles. The number of rotatable bonds is 4. The van der Waals surface area contributed by atoms with E-state index in [9.17, 15) is 13.2 Å². The summed E-state index contributed by atoms with van der Waals surface area (Å²) in [5, 5.41) is 0.325. The van der Waals surface area contributed by atoms with Crippen molar-refractivity contribution in [3.63, 3.8) is 0 Å². The van der Waals surface area contributed by atoms with Crippen LogP contribution in [0.4, 0.5) is 0 Å². The molecular weight excluding hydrogens is 382 g/mol. The smallest absolute Gasteiger partial charge is 0.257 e. The van der Waals surface area contributed by atoms with Crippen LogP contribution in [0.15, 0.2) is 34.3 Å². The third kappa shape index (κ3) is 3.23. The Morgan fingerprint density at radius 2 is 1.85 bits per heavy atom. The molecule has 3 aromatic rings. The molecule has 136 valence electrons. The predicted molar refractivity (Wildman–Crippen MR) is 96.8 cm³/mol.